The molecule has 0 bridgehead atoms. The lowest BCUT2D eigenvalue weighted by Crippen LogP contribution is -1.87. The summed E-state index contributed by atoms with van der Waals surface area (Å²) in [7, 11) is 0. The van der Waals surface area contributed by atoms with Crippen LogP contribution in [-0.2, 0) is 9.53 Å². The summed E-state index contributed by atoms with van der Waals surface area (Å²) in [6.07, 6.45) is 1.10. The Labute approximate surface area is 82.3 Å². The number of rotatable bonds is 1. The number of esters is 1. The monoisotopic (exact) mass is 222 g/mol. The molecule has 0 aliphatic rings. The highest BCUT2D eigenvalue weighted by Gasteiger charge is 1.79. The Hall–Kier alpha value is -0.905. The Kier molecular flexibility index (Phi) is 134. The van der Waals surface area contributed by atoms with Gasteiger partial charge in [0.15, 0.2) is 0 Å². The van der Waals surface area contributed by atoms with Crippen molar-refractivity contribution in [3.8, 4) is 0 Å². The Bertz CT molecular complexity index is 114. The normalized spacial score (nSPS) is 4.15. The van der Waals surface area contributed by atoms with Crippen molar-refractivity contribution in [2.24, 2.45) is 0 Å². The smallest absolute Gasteiger partial charge is 0.307 e. The standard InChI is InChI=1S/C4H6O2.C2H3Cl.BH3.3FH/c1-3-6-4(2)5;1-2-3;;;;/h3H,1H2,2H3;2H,1H2;1H3;3*1H. The van der Waals surface area contributed by atoms with Crippen LogP contribution in [0.1, 0.15) is 6.92 Å². The van der Waals surface area contributed by atoms with Gasteiger partial charge in [0, 0.05) is 6.92 Å². The highest BCUT2D eigenvalue weighted by Crippen LogP contribution is 1.70. The molecule has 0 saturated heterocycles. The molecule has 0 aromatic rings. The third-order valence-corrected chi connectivity index (χ3v) is 0.249. The summed E-state index contributed by atoms with van der Waals surface area (Å²) >= 11 is 4.76. The Morgan fingerprint density at radius 3 is 1.54 bits per heavy atom. The van der Waals surface area contributed by atoms with Crippen LogP contribution < -0.4 is 0 Å². The van der Waals surface area contributed by atoms with Gasteiger partial charge in [-0.05, 0) is 5.54 Å². The van der Waals surface area contributed by atoms with Gasteiger partial charge in [-0.3, -0.25) is 18.9 Å². The van der Waals surface area contributed by atoms with Gasteiger partial charge < -0.3 is 4.74 Å². The first-order valence-electron chi connectivity index (χ1n) is 2.18. The van der Waals surface area contributed by atoms with E-state index in [0.29, 0.717) is 0 Å². The van der Waals surface area contributed by atoms with Crippen LogP contribution >= 0.6 is 11.6 Å². The summed E-state index contributed by atoms with van der Waals surface area (Å²) in [6.45, 7) is 7.61. The second-order valence-corrected chi connectivity index (χ2v) is 1.24. The molecule has 0 heterocycles. The Morgan fingerprint density at radius 2 is 1.54 bits per heavy atom. The summed E-state index contributed by atoms with van der Waals surface area (Å²) < 4.78 is 4.17. The molecular formula is C6H15BClF3O2. The van der Waals surface area contributed by atoms with Gasteiger partial charge in [0.1, 0.15) is 0 Å². The number of hydrogen-bond acceptors (Lipinski definition) is 2. The fourth-order valence-electron chi connectivity index (χ4n) is 0.117. The van der Waals surface area contributed by atoms with Crippen LogP contribution in [0.4, 0.5) is 14.1 Å². The van der Waals surface area contributed by atoms with Crippen LogP contribution in [-0.4, -0.2) is 14.4 Å². The average molecular weight is 222 g/mol. The van der Waals surface area contributed by atoms with Crippen LogP contribution in [0, 0.1) is 0 Å². The summed E-state index contributed by atoms with van der Waals surface area (Å²) in [5, 5.41) is 0. The zero-order valence-electron chi connectivity index (χ0n) is 6.49. The Morgan fingerprint density at radius 1 is 1.31 bits per heavy atom. The molecule has 13 heavy (non-hydrogen) atoms. The molecule has 0 atom stereocenters. The van der Waals surface area contributed by atoms with E-state index < -0.39 is 0 Å². The predicted octanol–water partition coefficient (Wildman–Crippen LogP) is 1.34. The molecule has 0 rings (SSSR count). The van der Waals surface area contributed by atoms with E-state index in [1.54, 1.807) is 0 Å². The van der Waals surface area contributed by atoms with Crippen molar-refractivity contribution in [3.05, 3.63) is 25.0 Å². The van der Waals surface area contributed by atoms with E-state index in [9.17, 15) is 4.79 Å². The average Bonchev–Trinajstić information content (AvgIpc) is 1.67. The topological polar surface area (TPSA) is 26.3 Å². The van der Waals surface area contributed by atoms with Crippen LogP contribution in [0.5, 0.6) is 0 Å². The van der Waals surface area contributed by atoms with E-state index in [-0.39, 0.29) is 28.5 Å². The van der Waals surface area contributed by atoms with Gasteiger partial charge in [-0.1, -0.05) is 24.8 Å². The van der Waals surface area contributed by atoms with Crippen molar-refractivity contribution in [2.75, 3.05) is 0 Å². The quantitative estimate of drug-likeness (QED) is 0.380. The molecule has 0 N–H and O–H groups in total. The highest BCUT2D eigenvalue weighted by atomic mass is 35.5. The van der Waals surface area contributed by atoms with Crippen molar-refractivity contribution < 1.29 is 23.6 Å². The molecule has 7 heteroatoms. The first-order valence-corrected chi connectivity index (χ1v) is 2.62. The highest BCUT2D eigenvalue weighted by molar-refractivity contribution is 6.25. The number of hydrogen-bond donors (Lipinski definition) is 0. The van der Waals surface area contributed by atoms with E-state index in [1.165, 1.54) is 12.5 Å². The molecule has 0 fully saturated rings. The molecule has 0 aliphatic heterocycles. The maximum Gasteiger partial charge on any atom is 0.307 e. The van der Waals surface area contributed by atoms with Gasteiger partial charge >= 0.3 is 5.97 Å². The molecule has 0 unspecified atom stereocenters. The van der Waals surface area contributed by atoms with E-state index in [4.69, 9.17) is 11.6 Å². The molecular weight excluding hydrogens is 207 g/mol. The van der Waals surface area contributed by atoms with Crippen molar-refractivity contribution in [1.82, 2.24) is 0 Å². The lowest BCUT2D eigenvalue weighted by molar-refractivity contribution is -0.135. The van der Waals surface area contributed by atoms with Crippen molar-refractivity contribution in [3.63, 3.8) is 0 Å². The van der Waals surface area contributed by atoms with Crippen LogP contribution in [0.15, 0.2) is 25.0 Å². The van der Waals surface area contributed by atoms with Gasteiger partial charge in [0.05, 0.1) is 14.7 Å². The minimum Gasteiger partial charge on any atom is -0.435 e. The van der Waals surface area contributed by atoms with Gasteiger partial charge in [0.2, 0.25) is 0 Å². The van der Waals surface area contributed by atoms with E-state index in [0.717, 1.165) is 6.26 Å². The third-order valence-electron chi connectivity index (χ3n) is 0.249. The number of carbonyl (C=O) groups excluding carboxylic acids is 1. The second kappa shape index (κ2) is 43.6. The van der Waals surface area contributed by atoms with E-state index in [2.05, 4.69) is 17.9 Å². The molecule has 82 valence electrons. The van der Waals surface area contributed by atoms with Gasteiger partial charge in [0.25, 0.3) is 0 Å². The van der Waals surface area contributed by atoms with Gasteiger partial charge in [-0.15, -0.1) is 0 Å². The molecule has 0 radical (unpaired) electrons. The molecule has 0 amide bonds. The maximum absolute atomic E-state index is 9.75. The first-order chi connectivity index (χ1) is 4.18. The fourth-order valence-corrected chi connectivity index (χ4v) is 0.117. The maximum atomic E-state index is 9.75. The molecule has 0 aromatic heterocycles. The predicted molar refractivity (Wildman–Crippen MR) is 55.5 cm³/mol. The SMILES string of the molecule is B.C=CCl.C=COC(C)=O.F.F.F. The molecule has 0 aliphatic carbocycles. The van der Waals surface area contributed by atoms with Crippen LogP contribution in [0.2, 0.25) is 0 Å². The Balaban J connectivity index is -0.0000000160. The molecule has 0 spiro atoms. The number of carbonyl (C=O) groups is 1. The molecule has 2 nitrogen and oxygen atoms in total. The fraction of sp³-hybridized carbons (Fsp3) is 0.167. The van der Waals surface area contributed by atoms with Crippen molar-refractivity contribution >= 4 is 26.0 Å². The largest absolute Gasteiger partial charge is 0.435 e. The summed E-state index contributed by atoms with van der Waals surface area (Å²) in [5.41, 5.74) is 1.22. The third kappa shape index (κ3) is 209. The lowest BCUT2D eigenvalue weighted by atomic mass is 10.8. The van der Waals surface area contributed by atoms with Crippen molar-refractivity contribution in [1.29, 1.82) is 0 Å². The number of halogens is 4. The van der Waals surface area contributed by atoms with E-state index >= 15 is 0 Å². The summed E-state index contributed by atoms with van der Waals surface area (Å²) in [5.74, 6) is -0.329. The first kappa shape index (κ1) is 40.1. The lowest BCUT2D eigenvalue weighted by Gasteiger charge is -1.83. The van der Waals surface area contributed by atoms with Gasteiger partial charge in [-0.25, -0.2) is 0 Å². The zero-order chi connectivity index (χ0) is 7.70. The second-order valence-electron chi connectivity index (χ2n) is 0.930. The van der Waals surface area contributed by atoms with Crippen LogP contribution in [0.25, 0.3) is 0 Å². The van der Waals surface area contributed by atoms with E-state index in [1.807, 2.05) is 0 Å². The minimum absolute atomic E-state index is 0. The summed E-state index contributed by atoms with van der Waals surface area (Å²) in [4.78, 5) is 9.75. The zero-order valence-corrected chi connectivity index (χ0v) is 7.24. The van der Waals surface area contributed by atoms with Crippen LogP contribution in [0.3, 0.4) is 0 Å². The number of ether oxygens (including phenoxy) is 1. The minimum atomic E-state index is -0.329. The summed E-state index contributed by atoms with van der Waals surface area (Å²) in [6, 6.07) is 0. The molecule has 0 saturated carbocycles. The molecule has 0 aromatic carbocycles. The van der Waals surface area contributed by atoms with Gasteiger partial charge in [-0.2, -0.15) is 0 Å². The van der Waals surface area contributed by atoms with Crippen molar-refractivity contribution in [2.45, 2.75) is 6.92 Å².